The van der Waals surface area contributed by atoms with Gasteiger partial charge in [-0.05, 0) is 74.9 Å². The lowest BCUT2D eigenvalue weighted by Crippen LogP contribution is -2.62. The molecule has 1 heterocycles. The minimum absolute atomic E-state index is 0.0209. The van der Waals surface area contributed by atoms with Crippen molar-refractivity contribution in [1.82, 2.24) is 10.2 Å². The first-order chi connectivity index (χ1) is 18.2. The molecule has 0 radical (unpaired) electrons. The Bertz CT molecular complexity index is 1130. The van der Waals surface area contributed by atoms with Crippen molar-refractivity contribution in [2.75, 3.05) is 13.1 Å². The molecule has 5 N–H and O–H groups in total. The first-order valence-corrected chi connectivity index (χ1v) is 12.8. The van der Waals surface area contributed by atoms with Gasteiger partial charge in [0, 0.05) is 12.1 Å². The van der Waals surface area contributed by atoms with Gasteiger partial charge in [-0.15, -0.1) is 0 Å². The summed E-state index contributed by atoms with van der Waals surface area (Å²) >= 11 is 0. The zero-order valence-corrected chi connectivity index (χ0v) is 21.1. The van der Waals surface area contributed by atoms with Crippen molar-refractivity contribution in [2.45, 2.75) is 62.6 Å². The van der Waals surface area contributed by atoms with Crippen LogP contribution >= 0.6 is 0 Å². The fourth-order valence-electron chi connectivity index (χ4n) is 4.95. The van der Waals surface area contributed by atoms with Crippen LogP contribution in [-0.4, -0.2) is 69.5 Å². The number of hydrogen-bond donors (Lipinski definition) is 4. The summed E-state index contributed by atoms with van der Waals surface area (Å²) in [4.78, 5) is 53.1. The van der Waals surface area contributed by atoms with Crippen molar-refractivity contribution in [3.8, 4) is 0 Å². The van der Waals surface area contributed by atoms with E-state index >= 15 is 0 Å². The van der Waals surface area contributed by atoms with Gasteiger partial charge in [-0.3, -0.25) is 19.7 Å². The number of nitrogens with one attached hydrogen (secondary N) is 1. The average Bonchev–Trinajstić information content (AvgIpc) is 3.36. The molecule has 10 heteroatoms. The number of aliphatic carboxylic acids is 2. The summed E-state index contributed by atoms with van der Waals surface area (Å²) in [5, 5.41) is 23.0. The molecule has 3 rings (SSSR count). The van der Waals surface area contributed by atoms with E-state index in [1.165, 1.54) is 12.1 Å². The Balaban J connectivity index is 1.88. The maximum absolute atomic E-state index is 13.8. The van der Waals surface area contributed by atoms with Gasteiger partial charge < -0.3 is 20.8 Å². The minimum atomic E-state index is -2.16. The second-order valence-electron chi connectivity index (χ2n) is 9.51. The first-order valence-electron chi connectivity index (χ1n) is 12.8. The predicted molar refractivity (Wildman–Crippen MR) is 138 cm³/mol. The van der Waals surface area contributed by atoms with Crippen LogP contribution in [0.4, 0.5) is 4.39 Å². The second-order valence-corrected chi connectivity index (χ2v) is 9.51. The van der Waals surface area contributed by atoms with Crippen molar-refractivity contribution in [2.24, 2.45) is 5.73 Å². The molecule has 2 aromatic carbocycles. The third-order valence-corrected chi connectivity index (χ3v) is 6.99. The van der Waals surface area contributed by atoms with Crippen LogP contribution in [0.15, 0.2) is 54.6 Å². The predicted octanol–water partition coefficient (Wildman–Crippen LogP) is 2.63. The molecule has 204 valence electrons. The molecule has 1 fully saturated rings. The summed E-state index contributed by atoms with van der Waals surface area (Å²) in [6.45, 7) is 0.401. The number of likely N-dealkylation sites (tertiary alicyclic amines) is 1. The maximum atomic E-state index is 13.8. The molecule has 0 unspecified atom stereocenters. The van der Waals surface area contributed by atoms with E-state index in [1.807, 2.05) is 30.3 Å². The third kappa shape index (κ3) is 6.62. The standard InChI is InChI=1S/C28H34FN3O6/c29-21-13-11-20(12-14-21)24(33)28(27(37)38)16-6-18-32(28)25(34)22(9-4-5-17-30)31-23(26(35)36)15-10-19-7-2-1-3-8-19/h1-3,7-8,11-14,22-23,31H,4-6,9-10,15-18,30H2,(H,35,36)(H,37,38)/t22-,23-,28-/m0/s1. The fourth-order valence-corrected chi connectivity index (χ4v) is 4.95. The number of ketones is 1. The Morgan fingerprint density at radius 1 is 0.974 bits per heavy atom. The van der Waals surface area contributed by atoms with E-state index in [-0.39, 0.29) is 37.8 Å². The van der Waals surface area contributed by atoms with E-state index in [4.69, 9.17) is 5.73 Å². The number of carbonyl (C=O) groups is 4. The Morgan fingerprint density at radius 3 is 2.26 bits per heavy atom. The van der Waals surface area contributed by atoms with Crippen LogP contribution < -0.4 is 11.1 Å². The zero-order chi connectivity index (χ0) is 27.7. The number of nitrogens with two attached hydrogens (primary N) is 1. The minimum Gasteiger partial charge on any atom is -0.480 e. The number of hydrogen-bond acceptors (Lipinski definition) is 6. The zero-order valence-electron chi connectivity index (χ0n) is 21.1. The quantitative estimate of drug-likeness (QED) is 0.166. The maximum Gasteiger partial charge on any atom is 0.337 e. The summed E-state index contributed by atoms with van der Waals surface area (Å²) < 4.78 is 13.4. The lowest BCUT2D eigenvalue weighted by Gasteiger charge is -2.36. The molecule has 1 saturated heterocycles. The van der Waals surface area contributed by atoms with Gasteiger partial charge in [0.1, 0.15) is 11.9 Å². The summed E-state index contributed by atoms with van der Waals surface area (Å²) in [5.41, 5.74) is 4.38. The molecule has 1 aliphatic rings. The van der Waals surface area contributed by atoms with Gasteiger partial charge >= 0.3 is 11.9 Å². The van der Waals surface area contributed by atoms with Crippen molar-refractivity contribution in [3.05, 3.63) is 71.5 Å². The van der Waals surface area contributed by atoms with Crippen molar-refractivity contribution < 1.29 is 33.8 Å². The van der Waals surface area contributed by atoms with Gasteiger partial charge in [0.15, 0.2) is 5.78 Å². The highest BCUT2D eigenvalue weighted by atomic mass is 19.1. The number of carbonyl (C=O) groups excluding carboxylic acids is 2. The fraction of sp³-hybridized carbons (Fsp3) is 0.429. The van der Waals surface area contributed by atoms with E-state index in [1.54, 1.807) is 0 Å². The molecule has 9 nitrogen and oxygen atoms in total. The number of aryl methyl sites for hydroxylation is 1. The molecule has 1 amide bonds. The number of unbranched alkanes of at least 4 members (excludes halogenated alkanes) is 1. The van der Waals surface area contributed by atoms with Gasteiger partial charge in [0.25, 0.3) is 0 Å². The van der Waals surface area contributed by atoms with Crippen LogP contribution in [0, 0.1) is 5.82 Å². The number of carboxylic acids is 2. The van der Waals surface area contributed by atoms with Crippen LogP contribution in [0.25, 0.3) is 0 Å². The SMILES string of the molecule is NCCCC[C@H](N[C@@H](CCc1ccccc1)C(=O)O)C(=O)N1CCC[C@@]1(C(=O)O)C(=O)c1ccc(F)cc1. The number of Topliss-reactive ketones (excluding diaryl/α,β-unsaturated/α-hetero) is 1. The number of nitrogens with zero attached hydrogens (tertiary/aromatic N) is 1. The van der Waals surface area contributed by atoms with E-state index in [0.29, 0.717) is 25.8 Å². The van der Waals surface area contributed by atoms with Gasteiger partial charge in [-0.1, -0.05) is 36.8 Å². The van der Waals surface area contributed by atoms with Crippen molar-refractivity contribution >= 4 is 23.6 Å². The van der Waals surface area contributed by atoms with Gasteiger partial charge in [-0.2, -0.15) is 0 Å². The normalized spacial score (nSPS) is 18.6. The van der Waals surface area contributed by atoms with Crippen LogP contribution in [0.5, 0.6) is 0 Å². The molecule has 0 bridgehead atoms. The summed E-state index contributed by atoms with van der Waals surface area (Å²) in [7, 11) is 0. The summed E-state index contributed by atoms with van der Waals surface area (Å²) in [6, 6.07) is 11.8. The van der Waals surface area contributed by atoms with Crippen LogP contribution in [-0.2, 0) is 20.8 Å². The number of halogens is 1. The van der Waals surface area contributed by atoms with Gasteiger partial charge in [0.05, 0.1) is 6.04 Å². The molecule has 3 atom stereocenters. The van der Waals surface area contributed by atoms with E-state index in [9.17, 15) is 33.8 Å². The van der Waals surface area contributed by atoms with Crippen LogP contribution in [0.2, 0.25) is 0 Å². The Labute approximate surface area is 220 Å². The first kappa shape index (κ1) is 28.9. The van der Waals surface area contributed by atoms with Gasteiger partial charge in [-0.25, -0.2) is 9.18 Å². The van der Waals surface area contributed by atoms with Crippen LogP contribution in [0.3, 0.4) is 0 Å². The van der Waals surface area contributed by atoms with Gasteiger partial charge in [0.2, 0.25) is 11.4 Å². The highest BCUT2D eigenvalue weighted by Gasteiger charge is 2.56. The number of amides is 1. The van der Waals surface area contributed by atoms with E-state index < -0.39 is 47.1 Å². The molecule has 0 spiro atoms. The van der Waals surface area contributed by atoms with Crippen LogP contribution in [0.1, 0.15) is 54.4 Å². The topological polar surface area (TPSA) is 150 Å². The molecule has 0 aromatic heterocycles. The Kier molecular flexibility index (Phi) is 10.1. The van der Waals surface area contributed by atoms with E-state index in [0.717, 1.165) is 22.6 Å². The largest absolute Gasteiger partial charge is 0.480 e. The molecule has 1 aliphatic heterocycles. The molecule has 38 heavy (non-hydrogen) atoms. The second kappa shape index (κ2) is 13.3. The Morgan fingerprint density at radius 2 is 1.66 bits per heavy atom. The Hall–Kier alpha value is -3.63. The molecule has 0 saturated carbocycles. The van der Waals surface area contributed by atoms with Crippen molar-refractivity contribution in [3.63, 3.8) is 0 Å². The average molecular weight is 528 g/mol. The van der Waals surface area contributed by atoms with E-state index in [2.05, 4.69) is 5.32 Å². The highest BCUT2D eigenvalue weighted by molar-refractivity contribution is 6.18. The molecular formula is C28H34FN3O6. The number of carboxylic acid groups (broad SMARTS) is 2. The smallest absolute Gasteiger partial charge is 0.337 e. The summed E-state index contributed by atoms with van der Waals surface area (Å²) in [5.74, 6) is -4.65. The lowest BCUT2D eigenvalue weighted by atomic mass is 9.86. The summed E-state index contributed by atoms with van der Waals surface area (Å²) in [6.07, 6.45) is 2.16. The number of benzene rings is 2. The lowest BCUT2D eigenvalue weighted by molar-refractivity contribution is -0.154. The monoisotopic (exact) mass is 527 g/mol. The molecular weight excluding hydrogens is 493 g/mol. The number of rotatable bonds is 14. The highest BCUT2D eigenvalue weighted by Crippen LogP contribution is 2.34. The molecule has 0 aliphatic carbocycles. The molecule has 2 aromatic rings. The van der Waals surface area contributed by atoms with Crippen molar-refractivity contribution in [1.29, 1.82) is 0 Å². The third-order valence-electron chi connectivity index (χ3n) is 6.99.